The molecule has 0 saturated heterocycles. The molecule has 1 aromatic rings. The summed E-state index contributed by atoms with van der Waals surface area (Å²) in [6, 6.07) is 1.90. The Bertz CT molecular complexity index is 399. The minimum Gasteiger partial charge on any atom is -0.383 e. The van der Waals surface area contributed by atoms with Crippen LogP contribution >= 0.6 is 15.9 Å². The third-order valence-electron chi connectivity index (χ3n) is 1.45. The quantitative estimate of drug-likeness (QED) is 0.581. The molecule has 1 aromatic heterocycles. The molecule has 0 bridgehead atoms. The monoisotopic (exact) mass is 268 g/mol. The molecule has 0 saturated carbocycles. The van der Waals surface area contributed by atoms with Gasteiger partial charge in [-0.3, -0.25) is 0 Å². The molecule has 74 valence electrons. The maximum atomic E-state index is 5.57. The van der Waals surface area contributed by atoms with Gasteiger partial charge in [0.1, 0.15) is 13.9 Å². The van der Waals surface area contributed by atoms with Gasteiger partial charge in [0.05, 0.1) is 4.47 Å². The topological polar surface area (TPSA) is 38.9 Å². The SMILES string of the molecule is C[Si](C)(C)C#Cc1cnc(N)c(Br)c1. The van der Waals surface area contributed by atoms with Crippen molar-refractivity contribution in [1.82, 2.24) is 4.98 Å². The van der Waals surface area contributed by atoms with Gasteiger partial charge in [-0.15, -0.1) is 5.54 Å². The standard InChI is InChI=1S/C10H13BrN2Si/c1-14(2,3)5-4-8-6-9(11)10(12)13-7-8/h6-7H,1-3H3,(H2,12,13). The zero-order valence-electron chi connectivity index (χ0n) is 8.56. The third-order valence-corrected chi connectivity index (χ3v) is 2.96. The molecule has 0 radical (unpaired) electrons. The molecule has 0 atom stereocenters. The highest BCUT2D eigenvalue weighted by Gasteiger charge is 2.07. The zero-order valence-corrected chi connectivity index (χ0v) is 11.1. The number of hydrogen-bond donors (Lipinski definition) is 1. The van der Waals surface area contributed by atoms with E-state index in [4.69, 9.17) is 5.73 Å². The van der Waals surface area contributed by atoms with Gasteiger partial charge in [0.15, 0.2) is 0 Å². The molecule has 0 aromatic carbocycles. The fourth-order valence-corrected chi connectivity index (χ4v) is 1.64. The number of nitrogen functional groups attached to an aromatic ring is 1. The van der Waals surface area contributed by atoms with Crippen molar-refractivity contribution in [1.29, 1.82) is 0 Å². The van der Waals surface area contributed by atoms with E-state index >= 15 is 0 Å². The van der Waals surface area contributed by atoms with E-state index in [1.807, 2.05) is 6.07 Å². The Hall–Kier alpha value is -0.793. The lowest BCUT2D eigenvalue weighted by Crippen LogP contribution is -2.16. The Morgan fingerprint density at radius 2 is 2.07 bits per heavy atom. The summed E-state index contributed by atoms with van der Waals surface area (Å²) in [6.07, 6.45) is 1.70. The van der Waals surface area contributed by atoms with Crippen molar-refractivity contribution in [2.24, 2.45) is 0 Å². The van der Waals surface area contributed by atoms with Gasteiger partial charge < -0.3 is 5.73 Å². The number of anilines is 1. The lowest BCUT2D eigenvalue weighted by Gasteiger charge is -2.03. The average Bonchev–Trinajstić information content (AvgIpc) is 2.06. The average molecular weight is 269 g/mol. The lowest BCUT2D eigenvalue weighted by molar-refractivity contribution is 1.30. The predicted octanol–water partition coefficient (Wildman–Crippen LogP) is 2.66. The molecule has 0 aliphatic carbocycles. The van der Waals surface area contributed by atoms with E-state index in [0.717, 1.165) is 10.0 Å². The number of nitrogens with zero attached hydrogens (tertiary/aromatic N) is 1. The van der Waals surface area contributed by atoms with Crippen LogP contribution in [0.1, 0.15) is 5.56 Å². The van der Waals surface area contributed by atoms with E-state index in [2.05, 4.69) is 52.0 Å². The second-order valence-corrected chi connectivity index (χ2v) is 9.70. The third kappa shape index (κ3) is 3.52. The maximum absolute atomic E-state index is 5.57. The number of aromatic nitrogens is 1. The van der Waals surface area contributed by atoms with Gasteiger partial charge in [0.2, 0.25) is 0 Å². The smallest absolute Gasteiger partial charge is 0.137 e. The first kappa shape index (κ1) is 11.3. The van der Waals surface area contributed by atoms with E-state index in [0.29, 0.717) is 5.82 Å². The number of rotatable bonds is 0. The molecule has 0 amide bonds. The number of hydrogen-bond acceptors (Lipinski definition) is 2. The van der Waals surface area contributed by atoms with Crippen molar-refractivity contribution in [2.45, 2.75) is 19.6 Å². The van der Waals surface area contributed by atoms with Crippen LogP contribution in [0, 0.1) is 11.5 Å². The molecule has 1 rings (SSSR count). The van der Waals surface area contributed by atoms with Crippen LogP contribution in [0.3, 0.4) is 0 Å². The summed E-state index contributed by atoms with van der Waals surface area (Å²) in [4.78, 5) is 4.02. The van der Waals surface area contributed by atoms with Crippen molar-refractivity contribution >= 4 is 29.8 Å². The van der Waals surface area contributed by atoms with Crippen molar-refractivity contribution in [2.75, 3.05) is 5.73 Å². The maximum Gasteiger partial charge on any atom is 0.137 e. The Labute approximate surface area is 94.1 Å². The van der Waals surface area contributed by atoms with Gasteiger partial charge in [-0.05, 0) is 22.0 Å². The van der Waals surface area contributed by atoms with Crippen LogP contribution < -0.4 is 5.73 Å². The molecule has 0 spiro atoms. The number of nitrogens with two attached hydrogens (primary N) is 1. The molecular formula is C10H13BrN2Si. The molecule has 1 heterocycles. The second kappa shape index (κ2) is 4.16. The summed E-state index contributed by atoms with van der Waals surface area (Å²) in [7, 11) is -1.31. The first-order valence-electron chi connectivity index (χ1n) is 4.33. The van der Waals surface area contributed by atoms with Crippen LogP contribution in [-0.4, -0.2) is 13.1 Å². The lowest BCUT2D eigenvalue weighted by atomic mass is 10.3. The molecule has 0 unspecified atom stereocenters. The summed E-state index contributed by atoms with van der Waals surface area (Å²) in [5, 5.41) is 0. The number of pyridine rings is 1. The molecule has 2 N–H and O–H groups in total. The van der Waals surface area contributed by atoms with E-state index in [-0.39, 0.29) is 0 Å². The predicted molar refractivity (Wildman–Crippen MR) is 66.6 cm³/mol. The Balaban J connectivity index is 2.98. The van der Waals surface area contributed by atoms with Crippen LogP contribution in [0.15, 0.2) is 16.7 Å². The number of halogens is 1. The summed E-state index contributed by atoms with van der Waals surface area (Å²) < 4.78 is 0.805. The summed E-state index contributed by atoms with van der Waals surface area (Å²) in [5.74, 6) is 3.62. The molecular weight excluding hydrogens is 256 g/mol. The highest BCUT2D eigenvalue weighted by atomic mass is 79.9. The Kier molecular flexibility index (Phi) is 3.35. The molecule has 0 aliphatic rings. The van der Waals surface area contributed by atoms with Gasteiger partial charge in [-0.2, -0.15) is 0 Å². The summed E-state index contributed by atoms with van der Waals surface area (Å²) in [6.45, 7) is 6.62. The second-order valence-electron chi connectivity index (χ2n) is 4.09. The molecule has 2 nitrogen and oxygen atoms in total. The van der Waals surface area contributed by atoms with Crippen LogP contribution in [0.2, 0.25) is 19.6 Å². The Morgan fingerprint density at radius 3 is 2.57 bits per heavy atom. The van der Waals surface area contributed by atoms with Crippen molar-refractivity contribution in [3.63, 3.8) is 0 Å². The molecule has 14 heavy (non-hydrogen) atoms. The minimum atomic E-state index is -1.31. The summed E-state index contributed by atoms with van der Waals surface area (Å²) in [5.41, 5.74) is 9.76. The van der Waals surface area contributed by atoms with Gasteiger partial charge >= 0.3 is 0 Å². The first-order valence-corrected chi connectivity index (χ1v) is 8.62. The van der Waals surface area contributed by atoms with Crippen LogP contribution in [0.5, 0.6) is 0 Å². The van der Waals surface area contributed by atoms with Crippen molar-refractivity contribution < 1.29 is 0 Å². The molecule has 0 aliphatic heterocycles. The Morgan fingerprint density at radius 1 is 1.43 bits per heavy atom. The van der Waals surface area contributed by atoms with E-state index in [1.54, 1.807) is 6.20 Å². The molecule has 4 heteroatoms. The van der Waals surface area contributed by atoms with Crippen LogP contribution in [-0.2, 0) is 0 Å². The van der Waals surface area contributed by atoms with Gasteiger partial charge in [0.25, 0.3) is 0 Å². The van der Waals surface area contributed by atoms with Gasteiger partial charge in [-0.1, -0.05) is 25.6 Å². The molecule has 0 fully saturated rings. The fourth-order valence-electron chi connectivity index (χ4n) is 0.777. The highest BCUT2D eigenvalue weighted by Crippen LogP contribution is 2.16. The first-order chi connectivity index (χ1) is 6.38. The largest absolute Gasteiger partial charge is 0.383 e. The van der Waals surface area contributed by atoms with E-state index in [9.17, 15) is 0 Å². The van der Waals surface area contributed by atoms with Crippen LogP contribution in [0.25, 0.3) is 0 Å². The van der Waals surface area contributed by atoms with Crippen LogP contribution in [0.4, 0.5) is 5.82 Å². The summed E-state index contributed by atoms with van der Waals surface area (Å²) >= 11 is 3.32. The minimum absolute atomic E-state index is 0.503. The van der Waals surface area contributed by atoms with Crippen molar-refractivity contribution in [3.8, 4) is 11.5 Å². The van der Waals surface area contributed by atoms with E-state index in [1.165, 1.54) is 0 Å². The fraction of sp³-hybridized carbons (Fsp3) is 0.300. The van der Waals surface area contributed by atoms with Gasteiger partial charge in [0, 0.05) is 11.8 Å². The highest BCUT2D eigenvalue weighted by molar-refractivity contribution is 9.10. The zero-order chi connectivity index (χ0) is 10.8. The van der Waals surface area contributed by atoms with Crippen molar-refractivity contribution in [3.05, 3.63) is 22.3 Å². The normalized spacial score (nSPS) is 10.6. The van der Waals surface area contributed by atoms with Gasteiger partial charge in [-0.25, -0.2) is 4.98 Å². The van der Waals surface area contributed by atoms with E-state index < -0.39 is 8.07 Å².